The maximum absolute atomic E-state index is 12.2. The Morgan fingerprint density at radius 2 is 1.53 bits per heavy atom. The van der Waals surface area contributed by atoms with Crippen LogP contribution in [0, 0.1) is 0 Å². The summed E-state index contributed by atoms with van der Waals surface area (Å²) in [6, 6.07) is 17.4. The van der Waals surface area contributed by atoms with Gasteiger partial charge in [-0.1, -0.05) is 24.3 Å². The van der Waals surface area contributed by atoms with E-state index in [1.54, 1.807) is 29.2 Å². The molecule has 1 fully saturated rings. The number of hydrogen-bond acceptors (Lipinski definition) is 4. The standard InChI is InChI=1S/C25H27N5O4/c31-23(22-7-4-14-34-22)28-20-10-8-18(9-11-20)16-26-24(32)27-17-19-5-3-6-21(15-19)29-25(33)30-12-1-2-13-30/h3-11,14-15H,1-2,12-13,16-17H2,(H,28,31)(H,29,33)(H2,26,27,32). The number of amides is 5. The van der Waals surface area contributed by atoms with Gasteiger partial charge in [0.15, 0.2) is 5.76 Å². The van der Waals surface area contributed by atoms with Gasteiger partial charge in [0.1, 0.15) is 0 Å². The Kier molecular flexibility index (Phi) is 7.44. The molecule has 176 valence electrons. The zero-order valence-electron chi connectivity index (χ0n) is 18.7. The second-order valence-corrected chi connectivity index (χ2v) is 7.99. The molecule has 4 rings (SSSR count). The predicted molar refractivity (Wildman–Crippen MR) is 128 cm³/mol. The number of rotatable bonds is 7. The van der Waals surface area contributed by atoms with E-state index >= 15 is 0 Å². The number of furan rings is 1. The molecule has 0 bridgehead atoms. The van der Waals surface area contributed by atoms with E-state index in [1.807, 2.05) is 36.4 Å². The number of carbonyl (C=O) groups is 3. The van der Waals surface area contributed by atoms with Gasteiger partial charge in [0.05, 0.1) is 6.26 Å². The molecule has 9 heteroatoms. The molecule has 0 unspecified atom stereocenters. The smallest absolute Gasteiger partial charge is 0.321 e. The van der Waals surface area contributed by atoms with E-state index in [0.29, 0.717) is 24.5 Å². The van der Waals surface area contributed by atoms with Gasteiger partial charge in [-0.15, -0.1) is 0 Å². The van der Waals surface area contributed by atoms with Gasteiger partial charge in [-0.25, -0.2) is 9.59 Å². The zero-order valence-corrected chi connectivity index (χ0v) is 18.7. The maximum Gasteiger partial charge on any atom is 0.321 e. The van der Waals surface area contributed by atoms with E-state index in [2.05, 4.69) is 21.3 Å². The molecule has 0 aliphatic carbocycles. The molecule has 1 aromatic heterocycles. The quantitative estimate of drug-likeness (QED) is 0.423. The van der Waals surface area contributed by atoms with Gasteiger partial charge in [0.2, 0.25) is 0 Å². The Morgan fingerprint density at radius 3 is 2.24 bits per heavy atom. The summed E-state index contributed by atoms with van der Waals surface area (Å²) in [4.78, 5) is 38.3. The van der Waals surface area contributed by atoms with Gasteiger partial charge < -0.3 is 30.6 Å². The van der Waals surface area contributed by atoms with Gasteiger partial charge in [0, 0.05) is 37.6 Å². The highest BCUT2D eigenvalue weighted by atomic mass is 16.3. The highest BCUT2D eigenvalue weighted by Gasteiger charge is 2.17. The summed E-state index contributed by atoms with van der Waals surface area (Å²) in [7, 11) is 0. The van der Waals surface area contributed by atoms with Crippen molar-refractivity contribution in [3.05, 3.63) is 83.8 Å². The van der Waals surface area contributed by atoms with Crippen LogP contribution in [0.1, 0.15) is 34.5 Å². The first-order chi connectivity index (χ1) is 16.6. The van der Waals surface area contributed by atoms with E-state index in [-0.39, 0.29) is 23.7 Å². The molecule has 9 nitrogen and oxygen atoms in total. The largest absolute Gasteiger partial charge is 0.459 e. The number of nitrogens with zero attached hydrogens (tertiary/aromatic N) is 1. The van der Waals surface area contributed by atoms with Crippen LogP contribution in [0.15, 0.2) is 71.3 Å². The lowest BCUT2D eigenvalue weighted by Crippen LogP contribution is -2.34. The number of anilines is 2. The van der Waals surface area contributed by atoms with Crippen molar-refractivity contribution in [1.82, 2.24) is 15.5 Å². The van der Waals surface area contributed by atoms with Gasteiger partial charge in [-0.2, -0.15) is 0 Å². The molecule has 5 amide bonds. The van der Waals surface area contributed by atoms with Gasteiger partial charge in [0.25, 0.3) is 5.91 Å². The highest BCUT2D eigenvalue weighted by molar-refractivity contribution is 6.02. The minimum absolute atomic E-state index is 0.0908. The zero-order chi connectivity index (χ0) is 23.8. The summed E-state index contributed by atoms with van der Waals surface area (Å²) in [6.07, 6.45) is 3.52. The summed E-state index contributed by atoms with van der Waals surface area (Å²) < 4.78 is 5.07. The van der Waals surface area contributed by atoms with Crippen LogP contribution < -0.4 is 21.3 Å². The summed E-state index contributed by atoms with van der Waals surface area (Å²) >= 11 is 0. The van der Waals surface area contributed by atoms with Crippen molar-refractivity contribution >= 4 is 29.3 Å². The second-order valence-electron chi connectivity index (χ2n) is 7.99. The normalized spacial score (nSPS) is 12.8. The van der Waals surface area contributed by atoms with Gasteiger partial charge in [-0.05, 0) is 60.4 Å². The molecule has 1 aliphatic heterocycles. The molecule has 4 N–H and O–H groups in total. The molecule has 34 heavy (non-hydrogen) atoms. The Labute approximate surface area is 197 Å². The average Bonchev–Trinajstić information content (AvgIpc) is 3.57. The fraction of sp³-hybridized carbons (Fsp3) is 0.240. The van der Waals surface area contributed by atoms with Crippen LogP contribution in [0.2, 0.25) is 0 Å². The Bertz CT molecular complexity index is 1120. The number of urea groups is 2. The monoisotopic (exact) mass is 461 g/mol. The first-order valence-corrected chi connectivity index (χ1v) is 11.2. The lowest BCUT2D eigenvalue weighted by Gasteiger charge is -2.16. The lowest BCUT2D eigenvalue weighted by atomic mass is 10.2. The van der Waals surface area contributed by atoms with Crippen LogP contribution >= 0.6 is 0 Å². The third-order valence-electron chi connectivity index (χ3n) is 5.43. The number of hydrogen-bond donors (Lipinski definition) is 4. The van der Waals surface area contributed by atoms with Crippen LogP contribution in [-0.4, -0.2) is 36.0 Å². The van der Waals surface area contributed by atoms with E-state index in [4.69, 9.17) is 4.42 Å². The van der Waals surface area contributed by atoms with Crippen LogP contribution in [0.5, 0.6) is 0 Å². The predicted octanol–water partition coefficient (Wildman–Crippen LogP) is 4.16. The molecule has 0 atom stereocenters. The number of benzene rings is 2. The first-order valence-electron chi connectivity index (χ1n) is 11.2. The van der Waals surface area contributed by atoms with Crippen LogP contribution in [0.25, 0.3) is 0 Å². The third kappa shape index (κ3) is 6.38. The first kappa shape index (κ1) is 22.9. The number of nitrogens with one attached hydrogen (secondary N) is 4. The summed E-state index contributed by atoms with van der Waals surface area (Å²) in [5.41, 5.74) is 3.10. The second kappa shape index (κ2) is 11.0. The maximum atomic E-state index is 12.2. The fourth-order valence-corrected chi connectivity index (χ4v) is 3.62. The van der Waals surface area contributed by atoms with Crippen molar-refractivity contribution in [3.8, 4) is 0 Å². The van der Waals surface area contributed by atoms with Crippen molar-refractivity contribution < 1.29 is 18.8 Å². The molecule has 1 saturated heterocycles. The van der Waals surface area contributed by atoms with E-state index in [1.165, 1.54) is 6.26 Å². The average molecular weight is 462 g/mol. The molecule has 0 radical (unpaired) electrons. The van der Waals surface area contributed by atoms with Crippen molar-refractivity contribution in [3.63, 3.8) is 0 Å². The fourth-order valence-electron chi connectivity index (χ4n) is 3.62. The van der Waals surface area contributed by atoms with Gasteiger partial charge in [-0.3, -0.25) is 4.79 Å². The van der Waals surface area contributed by atoms with Crippen molar-refractivity contribution in [1.29, 1.82) is 0 Å². The molecule has 1 aliphatic rings. The molecule has 3 aromatic rings. The minimum atomic E-state index is -0.324. The molecule has 2 aromatic carbocycles. The van der Waals surface area contributed by atoms with Gasteiger partial charge >= 0.3 is 12.1 Å². The molecular formula is C25H27N5O4. The molecule has 0 saturated carbocycles. The Balaban J connectivity index is 1.20. The Hall–Kier alpha value is -4.27. The molecule has 0 spiro atoms. The molecule has 2 heterocycles. The van der Waals surface area contributed by atoms with E-state index in [0.717, 1.165) is 37.1 Å². The third-order valence-corrected chi connectivity index (χ3v) is 5.43. The van der Waals surface area contributed by atoms with Crippen LogP contribution in [-0.2, 0) is 13.1 Å². The number of carbonyl (C=O) groups excluding carboxylic acids is 3. The summed E-state index contributed by atoms with van der Waals surface area (Å²) in [5.74, 6) is -0.0862. The lowest BCUT2D eigenvalue weighted by molar-refractivity contribution is 0.0996. The summed E-state index contributed by atoms with van der Waals surface area (Å²) in [6.45, 7) is 2.24. The topological polar surface area (TPSA) is 116 Å². The van der Waals surface area contributed by atoms with Crippen molar-refractivity contribution in [2.45, 2.75) is 25.9 Å². The van der Waals surface area contributed by atoms with Crippen LogP contribution in [0.4, 0.5) is 21.0 Å². The minimum Gasteiger partial charge on any atom is -0.459 e. The summed E-state index contributed by atoms with van der Waals surface area (Å²) in [5, 5.41) is 11.3. The SMILES string of the molecule is O=C(NCc1ccc(NC(=O)c2ccco2)cc1)NCc1cccc(NC(=O)N2CCCC2)c1. The highest BCUT2D eigenvalue weighted by Crippen LogP contribution is 2.14. The van der Waals surface area contributed by atoms with E-state index in [9.17, 15) is 14.4 Å². The van der Waals surface area contributed by atoms with E-state index < -0.39 is 0 Å². The molecular weight excluding hydrogens is 434 g/mol. The van der Waals surface area contributed by atoms with Crippen LogP contribution in [0.3, 0.4) is 0 Å². The van der Waals surface area contributed by atoms with Crippen molar-refractivity contribution in [2.75, 3.05) is 23.7 Å². The number of likely N-dealkylation sites (tertiary alicyclic amines) is 1. The Morgan fingerprint density at radius 1 is 0.794 bits per heavy atom. The van der Waals surface area contributed by atoms with Crippen molar-refractivity contribution in [2.24, 2.45) is 0 Å².